The van der Waals surface area contributed by atoms with Crippen molar-refractivity contribution < 1.29 is 4.79 Å². The van der Waals surface area contributed by atoms with Gasteiger partial charge in [0, 0.05) is 29.8 Å². The number of benzene rings is 1. The SMILES string of the molecule is CSCC[C@H](NC(=O)c1cccc(Nc2ncccn2)c1)c1nnc2ccccn12. The number of rotatable bonds is 8. The Labute approximate surface area is 178 Å². The molecule has 0 aliphatic heterocycles. The van der Waals surface area contributed by atoms with E-state index in [-0.39, 0.29) is 11.9 Å². The number of hydrogen-bond donors (Lipinski definition) is 2. The fourth-order valence-corrected chi connectivity index (χ4v) is 3.54. The average molecular weight is 420 g/mol. The van der Waals surface area contributed by atoms with Crippen molar-refractivity contribution in [3.05, 3.63) is 78.5 Å². The van der Waals surface area contributed by atoms with Crippen molar-refractivity contribution in [1.29, 1.82) is 0 Å². The summed E-state index contributed by atoms with van der Waals surface area (Å²) in [6.45, 7) is 0. The van der Waals surface area contributed by atoms with E-state index in [1.807, 2.05) is 47.2 Å². The number of aromatic nitrogens is 5. The number of hydrogen-bond acceptors (Lipinski definition) is 7. The van der Waals surface area contributed by atoms with Gasteiger partial charge in [-0.2, -0.15) is 11.8 Å². The maximum absolute atomic E-state index is 13.0. The second kappa shape index (κ2) is 9.36. The van der Waals surface area contributed by atoms with E-state index in [2.05, 4.69) is 30.8 Å². The van der Waals surface area contributed by atoms with Crippen LogP contribution in [0.1, 0.15) is 28.6 Å². The Bertz CT molecular complexity index is 1130. The molecule has 152 valence electrons. The molecule has 30 heavy (non-hydrogen) atoms. The summed E-state index contributed by atoms with van der Waals surface area (Å²) in [5.41, 5.74) is 2.03. The molecule has 0 saturated carbocycles. The minimum Gasteiger partial charge on any atom is -0.342 e. The van der Waals surface area contributed by atoms with Gasteiger partial charge in [-0.3, -0.25) is 9.20 Å². The Morgan fingerprint density at radius 2 is 1.97 bits per heavy atom. The summed E-state index contributed by atoms with van der Waals surface area (Å²) >= 11 is 1.73. The van der Waals surface area contributed by atoms with Gasteiger partial charge in [0.05, 0.1) is 6.04 Å². The minimum atomic E-state index is -0.253. The molecule has 3 aromatic heterocycles. The lowest BCUT2D eigenvalue weighted by molar-refractivity contribution is 0.0934. The molecule has 4 rings (SSSR count). The lowest BCUT2D eigenvalue weighted by Crippen LogP contribution is -2.30. The Kier molecular flexibility index (Phi) is 6.19. The second-order valence-corrected chi connectivity index (χ2v) is 7.56. The van der Waals surface area contributed by atoms with E-state index >= 15 is 0 Å². The molecule has 3 heterocycles. The number of carbonyl (C=O) groups is 1. The molecule has 1 atom stereocenters. The van der Waals surface area contributed by atoms with Crippen LogP contribution in [-0.4, -0.2) is 42.5 Å². The molecule has 9 heteroatoms. The Morgan fingerprint density at radius 1 is 1.10 bits per heavy atom. The molecule has 0 unspecified atom stereocenters. The van der Waals surface area contributed by atoms with E-state index in [0.29, 0.717) is 11.5 Å². The molecule has 4 aromatic rings. The fourth-order valence-electron chi connectivity index (χ4n) is 3.07. The lowest BCUT2D eigenvalue weighted by Gasteiger charge is -2.17. The van der Waals surface area contributed by atoms with Crippen LogP contribution >= 0.6 is 11.8 Å². The molecular weight excluding hydrogens is 398 g/mol. The van der Waals surface area contributed by atoms with Crippen LogP contribution in [0.15, 0.2) is 67.1 Å². The summed E-state index contributed by atoms with van der Waals surface area (Å²) in [6, 6.07) is 14.5. The van der Waals surface area contributed by atoms with E-state index in [0.717, 1.165) is 29.3 Å². The molecule has 0 saturated heterocycles. The van der Waals surface area contributed by atoms with Crippen LogP contribution in [-0.2, 0) is 0 Å². The normalized spacial score (nSPS) is 11.9. The second-order valence-electron chi connectivity index (χ2n) is 6.57. The first-order valence-corrected chi connectivity index (χ1v) is 10.9. The third kappa shape index (κ3) is 4.57. The highest BCUT2D eigenvalue weighted by atomic mass is 32.2. The average Bonchev–Trinajstić information content (AvgIpc) is 3.21. The molecule has 1 amide bonds. The number of anilines is 2. The number of nitrogens with zero attached hydrogens (tertiary/aromatic N) is 5. The third-order valence-electron chi connectivity index (χ3n) is 4.51. The number of amides is 1. The van der Waals surface area contributed by atoms with Crippen molar-refractivity contribution in [3.8, 4) is 0 Å². The largest absolute Gasteiger partial charge is 0.342 e. The molecule has 0 fully saturated rings. The highest BCUT2D eigenvalue weighted by molar-refractivity contribution is 7.98. The van der Waals surface area contributed by atoms with Gasteiger partial charge in [-0.15, -0.1) is 10.2 Å². The lowest BCUT2D eigenvalue weighted by atomic mass is 10.1. The van der Waals surface area contributed by atoms with E-state index in [1.54, 1.807) is 42.4 Å². The summed E-state index contributed by atoms with van der Waals surface area (Å²) in [5.74, 6) is 1.91. The standard InChI is InChI=1S/C21H21N7OS/c1-30-13-9-17(19-27-26-18-8-2-3-12-28(18)19)25-20(29)15-6-4-7-16(14-15)24-21-22-10-5-11-23-21/h2-8,10-12,14,17H,9,13H2,1H3,(H,25,29)(H,22,23,24)/t17-/m0/s1. The molecule has 8 nitrogen and oxygen atoms in total. The first-order chi connectivity index (χ1) is 14.7. The topological polar surface area (TPSA) is 97.1 Å². The maximum atomic E-state index is 13.0. The monoisotopic (exact) mass is 419 g/mol. The maximum Gasteiger partial charge on any atom is 0.251 e. The number of nitrogens with one attached hydrogen (secondary N) is 2. The number of thioether (sulfide) groups is 1. The Hall–Kier alpha value is -3.46. The number of fused-ring (bicyclic) bond motifs is 1. The third-order valence-corrected chi connectivity index (χ3v) is 5.16. The van der Waals surface area contributed by atoms with Gasteiger partial charge < -0.3 is 10.6 Å². The summed E-state index contributed by atoms with van der Waals surface area (Å²) < 4.78 is 1.91. The van der Waals surface area contributed by atoms with E-state index in [1.165, 1.54) is 0 Å². The van der Waals surface area contributed by atoms with E-state index < -0.39 is 0 Å². The zero-order chi connectivity index (χ0) is 20.8. The highest BCUT2D eigenvalue weighted by Crippen LogP contribution is 2.20. The Morgan fingerprint density at radius 3 is 2.80 bits per heavy atom. The van der Waals surface area contributed by atoms with Gasteiger partial charge in [-0.05, 0) is 54.8 Å². The molecule has 1 aromatic carbocycles. The summed E-state index contributed by atoms with van der Waals surface area (Å²) in [6.07, 6.45) is 8.02. The summed E-state index contributed by atoms with van der Waals surface area (Å²) in [5, 5.41) is 14.8. The number of pyridine rings is 1. The zero-order valence-electron chi connectivity index (χ0n) is 16.4. The van der Waals surface area contributed by atoms with Gasteiger partial charge in [-0.1, -0.05) is 12.1 Å². The zero-order valence-corrected chi connectivity index (χ0v) is 17.2. The van der Waals surface area contributed by atoms with E-state index in [9.17, 15) is 4.79 Å². The molecule has 0 radical (unpaired) electrons. The Balaban J connectivity index is 1.55. The van der Waals surface area contributed by atoms with Gasteiger partial charge in [-0.25, -0.2) is 9.97 Å². The van der Waals surface area contributed by atoms with Crippen LogP contribution < -0.4 is 10.6 Å². The summed E-state index contributed by atoms with van der Waals surface area (Å²) in [4.78, 5) is 21.3. The van der Waals surface area contributed by atoms with Crippen molar-refractivity contribution in [2.24, 2.45) is 0 Å². The van der Waals surface area contributed by atoms with Crippen molar-refractivity contribution in [2.45, 2.75) is 12.5 Å². The predicted molar refractivity (Wildman–Crippen MR) is 118 cm³/mol. The first kappa shape index (κ1) is 19.8. The first-order valence-electron chi connectivity index (χ1n) is 9.48. The van der Waals surface area contributed by atoms with Crippen LogP contribution in [0.3, 0.4) is 0 Å². The highest BCUT2D eigenvalue weighted by Gasteiger charge is 2.21. The quantitative estimate of drug-likeness (QED) is 0.451. The molecule has 0 aliphatic rings. The molecule has 0 spiro atoms. The van der Waals surface area contributed by atoms with Gasteiger partial charge >= 0.3 is 0 Å². The van der Waals surface area contributed by atoms with Crippen LogP contribution in [0, 0.1) is 0 Å². The van der Waals surface area contributed by atoms with Crippen LogP contribution in [0.2, 0.25) is 0 Å². The van der Waals surface area contributed by atoms with Crippen LogP contribution in [0.5, 0.6) is 0 Å². The van der Waals surface area contributed by atoms with Crippen LogP contribution in [0.25, 0.3) is 5.65 Å². The van der Waals surface area contributed by atoms with Crippen molar-refractivity contribution >= 4 is 35.0 Å². The smallest absolute Gasteiger partial charge is 0.251 e. The molecule has 2 N–H and O–H groups in total. The minimum absolute atomic E-state index is 0.175. The fraction of sp³-hybridized carbons (Fsp3) is 0.190. The van der Waals surface area contributed by atoms with Gasteiger partial charge in [0.15, 0.2) is 11.5 Å². The molecular formula is C21H21N7OS. The molecule has 0 bridgehead atoms. The van der Waals surface area contributed by atoms with Crippen molar-refractivity contribution in [1.82, 2.24) is 29.9 Å². The molecule has 0 aliphatic carbocycles. The van der Waals surface area contributed by atoms with Gasteiger partial charge in [0.25, 0.3) is 5.91 Å². The predicted octanol–water partition coefficient (Wildman–Crippen LogP) is 3.49. The number of carbonyl (C=O) groups excluding carboxylic acids is 1. The van der Waals surface area contributed by atoms with Gasteiger partial charge in [0.2, 0.25) is 5.95 Å². The van der Waals surface area contributed by atoms with E-state index in [4.69, 9.17) is 0 Å². The van der Waals surface area contributed by atoms with Crippen molar-refractivity contribution in [3.63, 3.8) is 0 Å². The van der Waals surface area contributed by atoms with Crippen LogP contribution in [0.4, 0.5) is 11.6 Å². The summed E-state index contributed by atoms with van der Waals surface area (Å²) in [7, 11) is 0. The van der Waals surface area contributed by atoms with Gasteiger partial charge in [0.1, 0.15) is 0 Å². The van der Waals surface area contributed by atoms with Crippen molar-refractivity contribution in [2.75, 3.05) is 17.3 Å².